The maximum absolute atomic E-state index is 12.2. The molecule has 1 heterocycles. The normalized spacial score (nSPS) is 12.4. The van der Waals surface area contributed by atoms with Crippen molar-refractivity contribution in [3.8, 4) is 11.4 Å². The Morgan fingerprint density at radius 3 is 2.41 bits per heavy atom. The lowest BCUT2D eigenvalue weighted by Crippen LogP contribution is -2.27. The van der Waals surface area contributed by atoms with Gasteiger partial charge in [-0.25, -0.2) is 0 Å². The Morgan fingerprint density at radius 1 is 1.11 bits per heavy atom. The molecule has 1 N–H and O–H groups in total. The van der Waals surface area contributed by atoms with Gasteiger partial charge in [-0.15, -0.1) is 28.2 Å². The van der Waals surface area contributed by atoms with Crippen molar-refractivity contribution in [2.75, 3.05) is 0 Å². The molecule has 0 fully saturated rings. The Kier molecular flexibility index (Phi) is 5.06. The monoisotopic (exact) mass is 377 g/mol. The van der Waals surface area contributed by atoms with Crippen LogP contribution in [0.4, 0.5) is 13.2 Å². The van der Waals surface area contributed by atoms with E-state index < -0.39 is 12.3 Å². The Labute approximate surface area is 151 Å². The first-order valence-corrected chi connectivity index (χ1v) is 7.84. The van der Waals surface area contributed by atoms with E-state index in [-0.39, 0.29) is 17.6 Å². The minimum atomic E-state index is -4.77. The number of alkyl halides is 3. The maximum Gasteiger partial charge on any atom is 0.573 e. The topological polar surface area (TPSA) is 81.9 Å². The fourth-order valence-electron chi connectivity index (χ4n) is 2.28. The summed E-state index contributed by atoms with van der Waals surface area (Å²) in [6.45, 7) is 1.82. The lowest BCUT2D eigenvalue weighted by atomic mass is 10.1. The van der Waals surface area contributed by atoms with Crippen LogP contribution in [0, 0.1) is 0 Å². The summed E-state index contributed by atoms with van der Waals surface area (Å²) in [6, 6.07) is 13.9. The van der Waals surface area contributed by atoms with Crippen LogP contribution < -0.4 is 10.1 Å². The van der Waals surface area contributed by atoms with E-state index in [1.165, 1.54) is 12.1 Å². The number of tetrazole rings is 1. The zero-order chi connectivity index (χ0) is 19.4. The van der Waals surface area contributed by atoms with Crippen LogP contribution in [-0.4, -0.2) is 32.5 Å². The van der Waals surface area contributed by atoms with Crippen molar-refractivity contribution in [1.82, 2.24) is 25.5 Å². The summed E-state index contributed by atoms with van der Waals surface area (Å²) in [5, 5.41) is 14.1. The fraction of sp³-hybridized carbons (Fsp3) is 0.176. The van der Waals surface area contributed by atoms with Gasteiger partial charge < -0.3 is 10.1 Å². The number of carbonyl (C=O) groups excluding carboxylic acids is 1. The van der Waals surface area contributed by atoms with Gasteiger partial charge in [0.1, 0.15) is 5.75 Å². The quantitative estimate of drug-likeness (QED) is 0.739. The van der Waals surface area contributed by atoms with Gasteiger partial charge in [0.2, 0.25) is 0 Å². The van der Waals surface area contributed by atoms with Crippen molar-refractivity contribution in [3.63, 3.8) is 0 Å². The van der Waals surface area contributed by atoms with Gasteiger partial charge in [-0.2, -0.15) is 0 Å². The van der Waals surface area contributed by atoms with E-state index in [1.807, 2.05) is 37.3 Å². The molecule has 3 rings (SSSR count). The maximum atomic E-state index is 12.2. The van der Waals surface area contributed by atoms with E-state index in [0.717, 1.165) is 22.5 Å². The summed E-state index contributed by atoms with van der Waals surface area (Å²) in [4.78, 5) is 13.3. The molecule has 1 amide bonds. The predicted molar refractivity (Wildman–Crippen MR) is 88.2 cm³/mol. The van der Waals surface area contributed by atoms with Crippen LogP contribution in [0.15, 0.2) is 54.6 Å². The van der Waals surface area contributed by atoms with E-state index in [1.54, 1.807) is 0 Å². The molecule has 10 heteroatoms. The van der Waals surface area contributed by atoms with E-state index in [4.69, 9.17) is 0 Å². The lowest BCUT2D eigenvalue weighted by molar-refractivity contribution is -0.274. The van der Waals surface area contributed by atoms with Crippen LogP contribution in [0.1, 0.15) is 29.1 Å². The molecule has 0 saturated heterocycles. The van der Waals surface area contributed by atoms with Gasteiger partial charge in [-0.3, -0.25) is 4.79 Å². The number of hydrogen-bond acceptors (Lipinski definition) is 5. The number of ether oxygens (including phenoxy) is 1. The highest BCUT2D eigenvalue weighted by molar-refractivity contribution is 5.90. The molecular weight excluding hydrogens is 363 g/mol. The van der Waals surface area contributed by atoms with Gasteiger partial charge in [-0.1, -0.05) is 30.3 Å². The summed E-state index contributed by atoms with van der Waals surface area (Å²) in [5.74, 6) is -1.05. The van der Waals surface area contributed by atoms with Crippen LogP contribution in [-0.2, 0) is 0 Å². The Balaban J connectivity index is 1.68. The molecular formula is C17H14F3N5O2. The summed E-state index contributed by atoms with van der Waals surface area (Å²) < 4.78 is 40.3. The van der Waals surface area contributed by atoms with Crippen molar-refractivity contribution in [1.29, 1.82) is 0 Å². The molecule has 0 aliphatic carbocycles. The number of amides is 1. The van der Waals surface area contributed by atoms with Gasteiger partial charge in [0.25, 0.3) is 11.7 Å². The van der Waals surface area contributed by atoms with Crippen molar-refractivity contribution >= 4 is 5.91 Å². The second-order valence-electron chi connectivity index (χ2n) is 5.55. The Bertz CT molecular complexity index is 910. The summed E-state index contributed by atoms with van der Waals surface area (Å²) in [5.41, 5.74) is 1.24. The van der Waals surface area contributed by atoms with E-state index in [9.17, 15) is 18.0 Å². The van der Waals surface area contributed by atoms with Crippen molar-refractivity contribution in [3.05, 3.63) is 66.0 Å². The lowest BCUT2D eigenvalue weighted by Gasteiger charge is -2.12. The van der Waals surface area contributed by atoms with Crippen molar-refractivity contribution in [2.45, 2.75) is 19.3 Å². The molecule has 0 bridgehead atoms. The van der Waals surface area contributed by atoms with Crippen LogP contribution in [0.25, 0.3) is 5.69 Å². The summed E-state index contributed by atoms with van der Waals surface area (Å²) >= 11 is 0. The summed E-state index contributed by atoms with van der Waals surface area (Å²) in [7, 11) is 0. The molecule has 1 aromatic heterocycles. The highest BCUT2D eigenvalue weighted by Crippen LogP contribution is 2.23. The van der Waals surface area contributed by atoms with Gasteiger partial charge in [-0.05, 0) is 42.0 Å². The number of nitrogens with zero attached hydrogens (tertiary/aromatic N) is 4. The van der Waals surface area contributed by atoms with Gasteiger partial charge in [0.05, 0.1) is 11.7 Å². The average Bonchev–Trinajstić information content (AvgIpc) is 3.12. The second kappa shape index (κ2) is 7.44. The first kappa shape index (κ1) is 18.4. The fourth-order valence-corrected chi connectivity index (χ4v) is 2.28. The molecule has 1 unspecified atom stereocenters. The van der Waals surface area contributed by atoms with Crippen molar-refractivity contribution in [2.24, 2.45) is 0 Å². The van der Waals surface area contributed by atoms with E-state index in [2.05, 4.69) is 25.5 Å². The molecule has 0 aliphatic rings. The zero-order valence-electron chi connectivity index (χ0n) is 14.0. The van der Waals surface area contributed by atoms with Crippen LogP contribution in [0.5, 0.6) is 5.75 Å². The van der Waals surface area contributed by atoms with Crippen LogP contribution in [0.2, 0.25) is 0 Å². The third-order valence-electron chi connectivity index (χ3n) is 3.57. The van der Waals surface area contributed by atoms with Gasteiger partial charge >= 0.3 is 6.36 Å². The number of nitrogens with one attached hydrogen (secondary N) is 1. The molecule has 0 radical (unpaired) electrons. The van der Waals surface area contributed by atoms with Gasteiger partial charge in [0, 0.05) is 0 Å². The molecule has 27 heavy (non-hydrogen) atoms. The Morgan fingerprint density at radius 2 is 1.78 bits per heavy atom. The molecule has 2 aromatic carbocycles. The highest BCUT2D eigenvalue weighted by Gasteiger charge is 2.31. The molecule has 7 nitrogen and oxygen atoms in total. The number of rotatable bonds is 5. The van der Waals surface area contributed by atoms with Crippen LogP contribution >= 0.6 is 0 Å². The number of benzene rings is 2. The number of halogens is 3. The second-order valence-corrected chi connectivity index (χ2v) is 5.55. The summed E-state index contributed by atoms with van der Waals surface area (Å²) in [6.07, 6.45) is -4.77. The molecule has 3 aromatic rings. The third-order valence-corrected chi connectivity index (χ3v) is 3.57. The standard InChI is InChI=1S/C17H14F3N5O2/c1-11(12-5-3-2-4-6-12)21-16(26)15-22-24-25(23-15)13-7-9-14(10-8-13)27-17(18,19)20/h2-11H,1H3,(H,21,26). The first-order valence-electron chi connectivity index (χ1n) is 7.84. The van der Waals surface area contributed by atoms with Crippen LogP contribution in [0.3, 0.4) is 0 Å². The highest BCUT2D eigenvalue weighted by atomic mass is 19.4. The predicted octanol–water partition coefficient (Wildman–Crippen LogP) is 3.05. The third kappa shape index (κ3) is 4.81. The number of carbonyl (C=O) groups is 1. The minimum Gasteiger partial charge on any atom is -0.406 e. The molecule has 0 saturated carbocycles. The largest absolute Gasteiger partial charge is 0.573 e. The SMILES string of the molecule is CC(NC(=O)c1nnn(-c2ccc(OC(F)(F)F)cc2)n1)c1ccccc1. The van der Waals surface area contributed by atoms with E-state index >= 15 is 0 Å². The average molecular weight is 377 g/mol. The van der Waals surface area contributed by atoms with Crippen molar-refractivity contribution < 1.29 is 22.7 Å². The zero-order valence-corrected chi connectivity index (χ0v) is 14.0. The van der Waals surface area contributed by atoms with Gasteiger partial charge in [0.15, 0.2) is 0 Å². The smallest absolute Gasteiger partial charge is 0.406 e. The van der Waals surface area contributed by atoms with E-state index in [0.29, 0.717) is 5.69 Å². The minimum absolute atomic E-state index is 0.159. The molecule has 0 spiro atoms. The number of hydrogen-bond donors (Lipinski definition) is 1. The Hall–Kier alpha value is -3.43. The first-order chi connectivity index (χ1) is 12.8. The molecule has 140 valence electrons. The molecule has 0 aliphatic heterocycles. The molecule has 1 atom stereocenters. The number of aromatic nitrogens is 4.